The van der Waals surface area contributed by atoms with Crippen LogP contribution in [-0.2, 0) is 28.9 Å². The number of nitrogens with one attached hydrogen (secondary N) is 2. The molecule has 1 aliphatic carbocycles. The van der Waals surface area contributed by atoms with Gasteiger partial charge in [-0.15, -0.1) is 10.2 Å². The van der Waals surface area contributed by atoms with E-state index in [-0.39, 0.29) is 12.3 Å². The molecule has 2 heterocycles. The first-order valence-corrected chi connectivity index (χ1v) is 10.9. The lowest BCUT2D eigenvalue weighted by atomic mass is 9.80. The number of carbonyl (C=O) groups excluding carboxylic acids is 1. The number of nitrogens with zero attached hydrogens (tertiary/aromatic N) is 2. The van der Waals surface area contributed by atoms with E-state index >= 15 is 0 Å². The maximum Gasteiger partial charge on any atom is 0.304 e. The maximum atomic E-state index is 13.7. The van der Waals surface area contributed by atoms with Gasteiger partial charge in [0.1, 0.15) is 6.04 Å². The monoisotopic (exact) mass is 444 g/mol. The zero-order valence-corrected chi connectivity index (χ0v) is 18.2. The molecule has 2 aromatic carbocycles. The minimum Gasteiger partial charge on any atom is -0.481 e. The highest BCUT2D eigenvalue weighted by Gasteiger charge is 2.46. The predicted molar refractivity (Wildman–Crippen MR) is 120 cm³/mol. The SMILES string of the molecule is Cc1nnc(C(Cc2c[nH]c3ccccc23)NC(=O)C2(CC(=O)O)Cc3ccccc3C2)o1. The molecule has 1 aliphatic rings. The Morgan fingerprint density at radius 3 is 2.48 bits per heavy atom. The standard InChI is InChI=1S/C25H24N4O4/c1-15-28-29-23(33-15)21(10-18-14-26-20-9-5-4-8-19(18)20)27-24(32)25(13-22(30)31)11-16-6-2-3-7-17(16)12-25/h2-9,14,21,26H,10-13H2,1H3,(H,27,32)(H,30,31). The molecule has 168 valence electrons. The lowest BCUT2D eigenvalue weighted by molar-refractivity contribution is -0.145. The summed E-state index contributed by atoms with van der Waals surface area (Å²) in [5, 5.41) is 21.8. The summed E-state index contributed by atoms with van der Waals surface area (Å²) < 4.78 is 5.68. The summed E-state index contributed by atoms with van der Waals surface area (Å²) in [6.07, 6.45) is 2.84. The molecule has 1 atom stereocenters. The first-order chi connectivity index (χ1) is 15.9. The molecule has 0 fully saturated rings. The molecule has 1 amide bonds. The number of aromatic nitrogens is 3. The summed E-state index contributed by atoms with van der Waals surface area (Å²) in [7, 11) is 0. The normalized spacial score (nSPS) is 15.3. The fourth-order valence-corrected chi connectivity index (χ4v) is 4.83. The highest BCUT2D eigenvalue weighted by Crippen LogP contribution is 2.40. The third kappa shape index (κ3) is 4.00. The summed E-state index contributed by atoms with van der Waals surface area (Å²) in [4.78, 5) is 28.7. The summed E-state index contributed by atoms with van der Waals surface area (Å²) in [5.41, 5.74) is 2.94. The average Bonchev–Trinajstić information content (AvgIpc) is 3.50. The van der Waals surface area contributed by atoms with Crippen LogP contribution in [0.2, 0.25) is 0 Å². The van der Waals surface area contributed by atoms with Gasteiger partial charge in [0.25, 0.3) is 0 Å². The molecule has 0 saturated carbocycles. The highest BCUT2D eigenvalue weighted by molar-refractivity contribution is 5.89. The second-order valence-electron chi connectivity index (χ2n) is 8.72. The van der Waals surface area contributed by atoms with Crippen molar-refractivity contribution in [1.82, 2.24) is 20.5 Å². The van der Waals surface area contributed by atoms with Gasteiger partial charge in [-0.3, -0.25) is 9.59 Å². The number of carboxylic acid groups (broad SMARTS) is 1. The Bertz CT molecular complexity index is 1310. The van der Waals surface area contributed by atoms with Gasteiger partial charge in [-0.2, -0.15) is 0 Å². The number of para-hydroxylation sites is 1. The van der Waals surface area contributed by atoms with Crippen molar-refractivity contribution < 1.29 is 19.1 Å². The molecule has 0 radical (unpaired) electrons. The quantitative estimate of drug-likeness (QED) is 0.401. The summed E-state index contributed by atoms with van der Waals surface area (Å²) >= 11 is 0. The largest absolute Gasteiger partial charge is 0.481 e. The summed E-state index contributed by atoms with van der Waals surface area (Å²) in [6.45, 7) is 1.70. The van der Waals surface area contributed by atoms with E-state index in [1.54, 1.807) is 6.92 Å². The third-order valence-corrected chi connectivity index (χ3v) is 6.39. The molecular weight excluding hydrogens is 420 g/mol. The minimum absolute atomic E-state index is 0.254. The fraction of sp³-hybridized carbons (Fsp3) is 0.280. The van der Waals surface area contributed by atoms with Crippen LogP contribution < -0.4 is 5.32 Å². The van der Waals surface area contributed by atoms with E-state index in [0.717, 1.165) is 27.6 Å². The van der Waals surface area contributed by atoms with Crippen molar-refractivity contribution in [1.29, 1.82) is 0 Å². The van der Waals surface area contributed by atoms with E-state index in [0.29, 0.717) is 31.0 Å². The predicted octanol–water partition coefficient (Wildman–Crippen LogP) is 3.52. The molecule has 0 spiro atoms. The lowest BCUT2D eigenvalue weighted by Gasteiger charge is -2.28. The van der Waals surface area contributed by atoms with Crippen LogP contribution in [0.1, 0.15) is 40.9 Å². The molecule has 5 rings (SSSR count). The van der Waals surface area contributed by atoms with E-state index in [1.165, 1.54) is 0 Å². The van der Waals surface area contributed by atoms with E-state index in [2.05, 4.69) is 20.5 Å². The molecule has 8 nitrogen and oxygen atoms in total. The van der Waals surface area contributed by atoms with Crippen molar-refractivity contribution in [2.45, 2.75) is 38.6 Å². The van der Waals surface area contributed by atoms with Crippen molar-refractivity contribution in [2.24, 2.45) is 5.41 Å². The number of carboxylic acids is 1. The van der Waals surface area contributed by atoms with E-state index in [9.17, 15) is 14.7 Å². The van der Waals surface area contributed by atoms with Crippen LogP contribution in [0.5, 0.6) is 0 Å². The molecule has 0 bridgehead atoms. The highest BCUT2D eigenvalue weighted by atomic mass is 16.4. The van der Waals surface area contributed by atoms with Crippen LogP contribution in [0.25, 0.3) is 10.9 Å². The molecule has 1 unspecified atom stereocenters. The number of aryl methyl sites for hydroxylation is 1. The Morgan fingerprint density at radius 1 is 1.12 bits per heavy atom. The zero-order chi connectivity index (χ0) is 23.0. The van der Waals surface area contributed by atoms with Gasteiger partial charge in [-0.1, -0.05) is 42.5 Å². The van der Waals surface area contributed by atoms with Gasteiger partial charge in [0, 0.05) is 30.4 Å². The Labute approximate surface area is 190 Å². The summed E-state index contributed by atoms with van der Waals surface area (Å²) in [6, 6.07) is 15.1. The van der Waals surface area contributed by atoms with Crippen LogP contribution in [0.15, 0.2) is 59.1 Å². The van der Waals surface area contributed by atoms with Crippen molar-refractivity contribution in [3.05, 3.63) is 83.2 Å². The molecule has 8 heteroatoms. The zero-order valence-electron chi connectivity index (χ0n) is 18.2. The van der Waals surface area contributed by atoms with Gasteiger partial charge in [-0.05, 0) is 35.6 Å². The van der Waals surface area contributed by atoms with E-state index in [4.69, 9.17) is 4.42 Å². The van der Waals surface area contributed by atoms with Crippen LogP contribution in [0.3, 0.4) is 0 Å². The molecule has 3 N–H and O–H groups in total. The maximum absolute atomic E-state index is 13.7. The number of aromatic amines is 1. The molecular formula is C25H24N4O4. The van der Waals surface area contributed by atoms with Crippen LogP contribution in [0, 0.1) is 12.3 Å². The second-order valence-corrected chi connectivity index (χ2v) is 8.72. The smallest absolute Gasteiger partial charge is 0.304 e. The number of aliphatic carboxylic acids is 1. The van der Waals surface area contributed by atoms with E-state index < -0.39 is 17.4 Å². The Balaban J connectivity index is 1.46. The van der Waals surface area contributed by atoms with Crippen LogP contribution in [-0.4, -0.2) is 32.2 Å². The Hall–Kier alpha value is -3.94. The fourth-order valence-electron chi connectivity index (χ4n) is 4.83. The lowest BCUT2D eigenvalue weighted by Crippen LogP contribution is -2.45. The number of hydrogen-bond donors (Lipinski definition) is 3. The van der Waals surface area contributed by atoms with E-state index in [1.807, 2.05) is 54.7 Å². The number of benzene rings is 2. The molecule has 0 aliphatic heterocycles. The van der Waals surface area contributed by atoms with Crippen LogP contribution >= 0.6 is 0 Å². The third-order valence-electron chi connectivity index (χ3n) is 6.39. The second kappa shape index (κ2) is 8.20. The van der Waals surface area contributed by atoms with Crippen molar-refractivity contribution in [3.63, 3.8) is 0 Å². The van der Waals surface area contributed by atoms with Crippen molar-refractivity contribution in [2.75, 3.05) is 0 Å². The number of rotatable bonds is 7. The van der Waals surface area contributed by atoms with Gasteiger partial charge >= 0.3 is 5.97 Å². The summed E-state index contributed by atoms with van der Waals surface area (Å²) in [5.74, 6) is -0.620. The molecule has 4 aromatic rings. The molecule has 33 heavy (non-hydrogen) atoms. The van der Waals surface area contributed by atoms with Gasteiger partial charge < -0.3 is 19.8 Å². The number of carbonyl (C=O) groups is 2. The van der Waals surface area contributed by atoms with Gasteiger partial charge in [-0.25, -0.2) is 0 Å². The number of amides is 1. The number of hydrogen-bond acceptors (Lipinski definition) is 5. The van der Waals surface area contributed by atoms with Crippen molar-refractivity contribution in [3.8, 4) is 0 Å². The Kier molecular flexibility index (Phi) is 5.20. The number of fused-ring (bicyclic) bond motifs is 2. The number of H-pyrrole nitrogens is 1. The van der Waals surface area contributed by atoms with Gasteiger partial charge in [0.2, 0.25) is 17.7 Å². The first-order valence-electron chi connectivity index (χ1n) is 10.9. The van der Waals surface area contributed by atoms with Crippen molar-refractivity contribution >= 4 is 22.8 Å². The molecule has 0 saturated heterocycles. The minimum atomic E-state index is -1.07. The Morgan fingerprint density at radius 2 is 1.82 bits per heavy atom. The van der Waals surface area contributed by atoms with Gasteiger partial charge in [0.05, 0.1) is 11.8 Å². The average molecular weight is 444 g/mol. The van der Waals surface area contributed by atoms with Gasteiger partial charge in [0.15, 0.2) is 0 Å². The first kappa shape index (κ1) is 20.9. The van der Waals surface area contributed by atoms with Crippen LogP contribution in [0.4, 0.5) is 0 Å². The molecule has 2 aromatic heterocycles. The topological polar surface area (TPSA) is 121 Å².